The van der Waals surface area contributed by atoms with Crippen LogP contribution < -0.4 is 24.5 Å². The molecule has 0 unspecified atom stereocenters. The summed E-state index contributed by atoms with van der Waals surface area (Å²) in [7, 11) is -0.964. The minimum atomic E-state index is -2.60. The van der Waals surface area contributed by atoms with E-state index in [-0.39, 0.29) is 49.4 Å². The fourth-order valence-corrected chi connectivity index (χ4v) is 13.3. The number of anilines is 4. The molecule has 3 aliphatic heterocycles. The summed E-state index contributed by atoms with van der Waals surface area (Å²) in [4.78, 5) is 48.7. The average molecular weight is 782 g/mol. The molecule has 0 radical (unpaired) electrons. The Labute approximate surface area is 334 Å². The van der Waals surface area contributed by atoms with Gasteiger partial charge in [-0.2, -0.15) is 0 Å². The van der Waals surface area contributed by atoms with Gasteiger partial charge in [0.2, 0.25) is 5.91 Å². The molecular formula is C46H47N3O7Si. The molecule has 57 heavy (non-hydrogen) atoms. The minimum absolute atomic E-state index is 0.0130. The number of fused-ring (bicyclic) bond motifs is 3. The molecule has 1 spiro atoms. The summed E-state index contributed by atoms with van der Waals surface area (Å²) in [5.41, 5.74) is 2.44. The lowest BCUT2D eigenvalue weighted by molar-refractivity contribution is -0.149. The molecule has 1 N–H and O–H groups in total. The monoisotopic (exact) mass is 781 g/mol. The summed E-state index contributed by atoms with van der Waals surface area (Å²) in [5, 5.41) is 11.2. The van der Waals surface area contributed by atoms with Crippen molar-refractivity contribution in [2.24, 2.45) is 5.92 Å². The summed E-state index contributed by atoms with van der Waals surface area (Å²) in [6, 6.07) is 40.4. The Morgan fingerprint density at radius 3 is 2.25 bits per heavy atom. The van der Waals surface area contributed by atoms with Crippen molar-refractivity contribution in [2.45, 2.75) is 50.2 Å². The van der Waals surface area contributed by atoms with Gasteiger partial charge < -0.3 is 24.2 Å². The van der Waals surface area contributed by atoms with Crippen LogP contribution in [-0.4, -0.2) is 68.8 Å². The van der Waals surface area contributed by atoms with Crippen LogP contribution in [0.25, 0.3) is 0 Å². The van der Waals surface area contributed by atoms with Crippen LogP contribution in [0, 0.1) is 5.92 Å². The molecular weight excluding hydrogens is 735 g/mol. The van der Waals surface area contributed by atoms with Gasteiger partial charge in [0.05, 0.1) is 45.7 Å². The van der Waals surface area contributed by atoms with Crippen LogP contribution in [0.1, 0.15) is 24.5 Å². The van der Waals surface area contributed by atoms with Gasteiger partial charge in [0.25, 0.3) is 11.8 Å². The van der Waals surface area contributed by atoms with Crippen LogP contribution in [0.2, 0.25) is 18.6 Å². The minimum Gasteiger partial charge on any atom is -0.497 e. The predicted molar refractivity (Wildman–Crippen MR) is 222 cm³/mol. The van der Waals surface area contributed by atoms with Crippen LogP contribution in [0.3, 0.4) is 0 Å². The standard InChI is InChI=1S/C46H47N3O7Si/c1-31-44(57(3,4)36-22-20-35(54-2)21-23-36)41(28-42(51)47(25-26-50)29-32-13-7-5-8-14-32)56-46(31)37-27-34(48-39-17-11-12-18-40(39)55-30-43(48)52)19-24-38(37)49(45(46)53)33-15-9-6-10-16-33/h5-24,27,31,41,44,50H,25-26,28-30H2,1-4H3/t31-,41+,44-,46+/m1/s1. The maximum atomic E-state index is 15.5. The lowest BCUT2D eigenvalue weighted by Crippen LogP contribution is -2.52. The largest absolute Gasteiger partial charge is 0.497 e. The molecule has 0 aromatic heterocycles. The smallest absolute Gasteiger partial charge is 0.269 e. The average Bonchev–Trinajstić information content (AvgIpc) is 3.67. The summed E-state index contributed by atoms with van der Waals surface area (Å²) in [6.45, 7) is 6.82. The first kappa shape index (κ1) is 38.1. The van der Waals surface area contributed by atoms with E-state index in [2.05, 4.69) is 32.2 Å². The van der Waals surface area contributed by atoms with Gasteiger partial charge in [-0.15, -0.1) is 0 Å². The second kappa shape index (κ2) is 15.3. The van der Waals surface area contributed by atoms with Gasteiger partial charge in [-0.1, -0.05) is 98.0 Å². The number of carbonyl (C=O) groups excluding carboxylic acids is 3. The maximum absolute atomic E-state index is 15.5. The van der Waals surface area contributed by atoms with E-state index >= 15 is 4.79 Å². The van der Waals surface area contributed by atoms with Crippen LogP contribution >= 0.6 is 0 Å². The second-order valence-corrected chi connectivity index (χ2v) is 20.2. The highest BCUT2D eigenvalue weighted by Gasteiger charge is 2.67. The van der Waals surface area contributed by atoms with E-state index < -0.39 is 25.7 Å². The SMILES string of the molecule is COc1ccc([Si](C)(C)[C@H]2[C@H](CC(=O)N(CCO)Cc3ccccc3)O[C@@]3(C(=O)N(c4ccccc4)c4ccc(N5C(=O)COc6ccccc65)cc43)[C@@H]2C)cc1. The first-order chi connectivity index (χ1) is 27.6. The van der Waals surface area contributed by atoms with Gasteiger partial charge in [-0.05, 0) is 65.7 Å². The number of nitrogens with zero attached hydrogens (tertiary/aromatic N) is 3. The van der Waals surface area contributed by atoms with E-state index in [4.69, 9.17) is 14.2 Å². The summed E-state index contributed by atoms with van der Waals surface area (Å²) >= 11 is 0. The Kier molecular flexibility index (Phi) is 10.2. The summed E-state index contributed by atoms with van der Waals surface area (Å²) in [6.07, 6.45) is -0.644. The molecule has 3 amide bonds. The molecule has 0 saturated carbocycles. The number of hydrogen-bond donors (Lipinski definition) is 1. The van der Waals surface area contributed by atoms with E-state index in [1.54, 1.807) is 21.8 Å². The van der Waals surface area contributed by atoms with Gasteiger partial charge in [0.15, 0.2) is 12.2 Å². The first-order valence-electron chi connectivity index (χ1n) is 19.4. The van der Waals surface area contributed by atoms with Crippen LogP contribution in [0.4, 0.5) is 22.7 Å². The molecule has 10 nitrogen and oxygen atoms in total. The molecule has 0 bridgehead atoms. The lowest BCUT2D eigenvalue weighted by atomic mass is 9.82. The van der Waals surface area contributed by atoms with Crippen molar-refractivity contribution < 1.29 is 33.7 Å². The molecule has 8 rings (SSSR count). The number of methoxy groups -OCH3 is 1. The number of aliphatic hydroxyl groups excluding tert-OH is 1. The molecule has 3 heterocycles. The molecule has 4 atom stereocenters. The Morgan fingerprint density at radius 1 is 0.860 bits per heavy atom. The second-order valence-electron chi connectivity index (χ2n) is 15.5. The molecule has 3 aliphatic rings. The summed E-state index contributed by atoms with van der Waals surface area (Å²) in [5.74, 6) is 0.299. The van der Waals surface area contributed by atoms with E-state index in [0.717, 1.165) is 16.5 Å². The molecule has 1 fully saturated rings. The third kappa shape index (κ3) is 6.59. The number of hydrogen-bond acceptors (Lipinski definition) is 7. The van der Waals surface area contributed by atoms with Crippen LogP contribution in [0.15, 0.2) is 127 Å². The Bertz CT molecular complexity index is 2290. The first-order valence-corrected chi connectivity index (χ1v) is 22.5. The molecule has 0 aliphatic carbocycles. The fraction of sp³-hybridized carbons (Fsp3) is 0.283. The molecule has 292 valence electrons. The third-order valence-electron chi connectivity index (χ3n) is 12.0. The molecule has 11 heteroatoms. The maximum Gasteiger partial charge on any atom is 0.269 e. The zero-order valence-corrected chi connectivity index (χ0v) is 33.6. The van der Waals surface area contributed by atoms with Crippen molar-refractivity contribution in [3.05, 3.63) is 139 Å². The molecule has 5 aromatic rings. The van der Waals surface area contributed by atoms with Gasteiger partial charge in [0, 0.05) is 35.9 Å². The number of ether oxygens (including phenoxy) is 3. The van der Waals surface area contributed by atoms with E-state index in [9.17, 15) is 14.7 Å². The third-order valence-corrected chi connectivity index (χ3v) is 16.4. The van der Waals surface area contributed by atoms with Crippen molar-refractivity contribution in [1.29, 1.82) is 0 Å². The van der Waals surface area contributed by atoms with Crippen molar-refractivity contribution in [3.63, 3.8) is 0 Å². The van der Waals surface area contributed by atoms with Crippen LogP contribution in [-0.2, 0) is 31.3 Å². The van der Waals surface area contributed by atoms with Crippen molar-refractivity contribution in [3.8, 4) is 11.5 Å². The number of para-hydroxylation sites is 3. The number of rotatable bonds is 11. The van der Waals surface area contributed by atoms with Crippen LogP contribution in [0.5, 0.6) is 11.5 Å². The van der Waals surface area contributed by atoms with Crippen molar-refractivity contribution in [2.75, 3.05) is 36.7 Å². The highest BCUT2D eigenvalue weighted by atomic mass is 28.3. The van der Waals surface area contributed by atoms with Crippen molar-refractivity contribution in [1.82, 2.24) is 4.90 Å². The highest BCUT2D eigenvalue weighted by molar-refractivity contribution is 6.91. The number of benzene rings is 5. The van der Waals surface area contributed by atoms with Gasteiger partial charge in [0.1, 0.15) is 11.5 Å². The zero-order chi connectivity index (χ0) is 39.9. The number of aliphatic hydroxyl groups is 1. The summed E-state index contributed by atoms with van der Waals surface area (Å²) < 4.78 is 18.6. The van der Waals surface area contributed by atoms with E-state index in [1.165, 1.54) is 0 Å². The highest BCUT2D eigenvalue weighted by Crippen LogP contribution is 2.61. The van der Waals surface area contributed by atoms with Gasteiger partial charge >= 0.3 is 0 Å². The fourth-order valence-electron chi connectivity index (χ4n) is 9.30. The zero-order valence-electron chi connectivity index (χ0n) is 32.6. The normalized spacial score (nSPS) is 21.3. The van der Waals surface area contributed by atoms with Gasteiger partial charge in [-0.25, -0.2) is 0 Å². The quantitative estimate of drug-likeness (QED) is 0.143. The van der Waals surface area contributed by atoms with Crippen molar-refractivity contribution >= 4 is 53.7 Å². The topological polar surface area (TPSA) is 109 Å². The Morgan fingerprint density at radius 2 is 1.54 bits per heavy atom. The predicted octanol–water partition coefficient (Wildman–Crippen LogP) is 7.06. The molecule has 1 saturated heterocycles. The van der Waals surface area contributed by atoms with E-state index in [1.807, 2.05) is 115 Å². The van der Waals surface area contributed by atoms with E-state index in [0.29, 0.717) is 40.6 Å². The van der Waals surface area contributed by atoms with Gasteiger partial charge in [-0.3, -0.25) is 24.2 Å². The Hall–Kier alpha value is -5.75. The Balaban J connectivity index is 1.27. The number of carbonyl (C=O) groups is 3. The molecule has 5 aromatic carbocycles. The number of amides is 3. The lowest BCUT2D eigenvalue weighted by Gasteiger charge is -2.37.